The molecule has 30 heavy (non-hydrogen) atoms. The topological polar surface area (TPSA) is 73.9 Å². The largest absolute Gasteiger partial charge is 0.490 e. The van der Waals surface area contributed by atoms with E-state index in [1.807, 2.05) is 25.1 Å². The second kappa shape index (κ2) is 10.1. The first-order valence-electron chi connectivity index (χ1n) is 10.4. The fourth-order valence-corrected chi connectivity index (χ4v) is 2.86. The summed E-state index contributed by atoms with van der Waals surface area (Å²) in [4.78, 5) is 25.6. The molecule has 1 fully saturated rings. The maximum atomic E-state index is 12.9. The Balaban J connectivity index is 1.78. The normalized spacial score (nSPS) is 14.1. The summed E-state index contributed by atoms with van der Waals surface area (Å²) < 4.78 is 17.1. The summed E-state index contributed by atoms with van der Waals surface area (Å²) >= 11 is 0. The maximum Gasteiger partial charge on any atom is 0.339 e. The molecule has 1 N–H and O–H groups in total. The third-order valence-corrected chi connectivity index (χ3v) is 4.54. The van der Waals surface area contributed by atoms with Crippen molar-refractivity contribution in [2.45, 2.75) is 45.8 Å². The van der Waals surface area contributed by atoms with Gasteiger partial charge in [-0.1, -0.05) is 44.2 Å². The SMILES string of the molecule is CCOc1cc(C(=O)O[C@@H](C(=O)NC2CC2)c2ccccc2)ccc1OCC(C)C. The number of hydrogen-bond donors (Lipinski definition) is 1. The van der Waals surface area contributed by atoms with Crippen molar-refractivity contribution in [3.05, 3.63) is 59.7 Å². The van der Waals surface area contributed by atoms with E-state index in [1.165, 1.54) is 0 Å². The van der Waals surface area contributed by atoms with E-state index in [1.54, 1.807) is 30.3 Å². The zero-order chi connectivity index (χ0) is 21.5. The van der Waals surface area contributed by atoms with Gasteiger partial charge in [0.05, 0.1) is 18.8 Å². The molecule has 1 amide bonds. The number of carbonyl (C=O) groups is 2. The van der Waals surface area contributed by atoms with Gasteiger partial charge >= 0.3 is 5.97 Å². The van der Waals surface area contributed by atoms with Gasteiger partial charge in [-0.05, 0) is 43.9 Å². The molecular weight excluding hydrogens is 382 g/mol. The molecule has 0 unspecified atom stereocenters. The summed E-state index contributed by atoms with van der Waals surface area (Å²) in [6.07, 6.45) is 0.903. The van der Waals surface area contributed by atoms with E-state index in [-0.39, 0.29) is 11.9 Å². The van der Waals surface area contributed by atoms with Crippen LogP contribution in [0.15, 0.2) is 48.5 Å². The van der Waals surface area contributed by atoms with Gasteiger partial charge in [0.2, 0.25) is 6.10 Å². The van der Waals surface area contributed by atoms with Crippen LogP contribution >= 0.6 is 0 Å². The molecule has 2 aromatic carbocycles. The number of carbonyl (C=O) groups excluding carboxylic acids is 2. The molecule has 0 bridgehead atoms. The number of benzene rings is 2. The molecule has 0 spiro atoms. The quantitative estimate of drug-likeness (QED) is 0.590. The molecular formula is C24H29NO5. The Morgan fingerprint density at radius 2 is 1.77 bits per heavy atom. The van der Waals surface area contributed by atoms with Crippen LogP contribution in [-0.2, 0) is 9.53 Å². The number of ether oxygens (including phenoxy) is 3. The average Bonchev–Trinajstić information content (AvgIpc) is 3.55. The van der Waals surface area contributed by atoms with Gasteiger partial charge in [0.15, 0.2) is 11.5 Å². The highest BCUT2D eigenvalue weighted by atomic mass is 16.5. The zero-order valence-corrected chi connectivity index (χ0v) is 17.7. The summed E-state index contributed by atoms with van der Waals surface area (Å²) in [5, 5.41) is 2.92. The molecule has 0 aliphatic heterocycles. The van der Waals surface area contributed by atoms with Gasteiger partial charge < -0.3 is 19.5 Å². The molecule has 0 aromatic heterocycles. The average molecular weight is 411 g/mol. The molecule has 0 heterocycles. The van der Waals surface area contributed by atoms with Crippen LogP contribution in [0.2, 0.25) is 0 Å². The lowest BCUT2D eigenvalue weighted by molar-refractivity contribution is -0.130. The van der Waals surface area contributed by atoms with Crippen LogP contribution in [0.1, 0.15) is 55.6 Å². The standard InChI is InChI=1S/C24H29NO5/c1-4-28-21-14-18(10-13-20(21)29-15-16(2)3)24(27)30-22(17-8-6-5-7-9-17)23(26)25-19-11-12-19/h5-10,13-14,16,19,22H,4,11-12,15H2,1-3H3,(H,25,26)/t22-/m1/s1. The van der Waals surface area contributed by atoms with Crippen molar-refractivity contribution in [3.63, 3.8) is 0 Å². The van der Waals surface area contributed by atoms with Gasteiger partial charge in [0, 0.05) is 11.6 Å². The van der Waals surface area contributed by atoms with Crippen molar-refractivity contribution in [1.29, 1.82) is 0 Å². The Morgan fingerprint density at radius 1 is 1.03 bits per heavy atom. The fourth-order valence-electron chi connectivity index (χ4n) is 2.86. The van der Waals surface area contributed by atoms with E-state index in [0.717, 1.165) is 12.8 Å². The summed E-state index contributed by atoms with van der Waals surface area (Å²) in [7, 11) is 0. The number of nitrogens with one attached hydrogen (secondary N) is 1. The van der Waals surface area contributed by atoms with Gasteiger partial charge in [-0.25, -0.2) is 4.79 Å². The monoisotopic (exact) mass is 411 g/mol. The van der Waals surface area contributed by atoms with Crippen LogP contribution in [0.3, 0.4) is 0 Å². The summed E-state index contributed by atoms with van der Waals surface area (Å²) in [5.74, 6) is 0.519. The molecule has 1 saturated carbocycles. The van der Waals surface area contributed by atoms with Crippen LogP contribution < -0.4 is 14.8 Å². The van der Waals surface area contributed by atoms with E-state index in [2.05, 4.69) is 19.2 Å². The van der Waals surface area contributed by atoms with Crippen LogP contribution in [0.5, 0.6) is 11.5 Å². The minimum absolute atomic E-state index is 0.171. The Hall–Kier alpha value is -3.02. The number of esters is 1. The lowest BCUT2D eigenvalue weighted by Gasteiger charge is -2.19. The maximum absolute atomic E-state index is 12.9. The minimum atomic E-state index is -1.01. The molecule has 6 nitrogen and oxygen atoms in total. The molecule has 1 atom stereocenters. The smallest absolute Gasteiger partial charge is 0.339 e. The van der Waals surface area contributed by atoms with Gasteiger partial charge in [-0.2, -0.15) is 0 Å². The molecule has 0 radical (unpaired) electrons. The van der Waals surface area contributed by atoms with Gasteiger partial charge in [-0.3, -0.25) is 4.79 Å². The fraction of sp³-hybridized carbons (Fsp3) is 0.417. The van der Waals surface area contributed by atoms with Crippen LogP contribution in [0.4, 0.5) is 0 Å². The van der Waals surface area contributed by atoms with Crippen molar-refractivity contribution in [1.82, 2.24) is 5.32 Å². The predicted octanol–water partition coefficient (Wildman–Crippen LogP) is 4.30. The van der Waals surface area contributed by atoms with E-state index in [9.17, 15) is 9.59 Å². The number of hydrogen-bond acceptors (Lipinski definition) is 5. The molecule has 6 heteroatoms. The molecule has 2 aromatic rings. The van der Waals surface area contributed by atoms with Crippen LogP contribution in [0, 0.1) is 5.92 Å². The minimum Gasteiger partial charge on any atom is -0.490 e. The number of rotatable bonds is 10. The second-order valence-corrected chi connectivity index (χ2v) is 7.78. The zero-order valence-electron chi connectivity index (χ0n) is 17.7. The highest BCUT2D eigenvalue weighted by Crippen LogP contribution is 2.30. The van der Waals surface area contributed by atoms with Crippen molar-refractivity contribution in [2.24, 2.45) is 5.92 Å². The van der Waals surface area contributed by atoms with Crippen LogP contribution in [-0.4, -0.2) is 31.1 Å². The van der Waals surface area contributed by atoms with E-state index >= 15 is 0 Å². The first kappa shape index (κ1) is 21.7. The third kappa shape index (κ3) is 5.99. The highest BCUT2D eigenvalue weighted by Gasteiger charge is 2.31. The predicted molar refractivity (Wildman–Crippen MR) is 114 cm³/mol. The van der Waals surface area contributed by atoms with E-state index in [0.29, 0.717) is 41.8 Å². The molecule has 1 aliphatic carbocycles. The lowest BCUT2D eigenvalue weighted by Crippen LogP contribution is -2.33. The Kier molecular flexibility index (Phi) is 7.33. The van der Waals surface area contributed by atoms with Crippen molar-refractivity contribution in [2.75, 3.05) is 13.2 Å². The molecule has 0 saturated heterocycles. The first-order chi connectivity index (χ1) is 14.5. The Labute approximate surface area is 177 Å². The summed E-state index contributed by atoms with van der Waals surface area (Å²) in [6.45, 7) is 6.96. The molecule has 3 rings (SSSR count). The summed E-state index contributed by atoms with van der Waals surface area (Å²) in [6, 6.07) is 14.1. The molecule has 1 aliphatic rings. The van der Waals surface area contributed by atoms with Gasteiger partial charge in [-0.15, -0.1) is 0 Å². The third-order valence-electron chi connectivity index (χ3n) is 4.54. The lowest BCUT2D eigenvalue weighted by atomic mass is 10.1. The Morgan fingerprint density at radius 3 is 2.40 bits per heavy atom. The van der Waals surface area contributed by atoms with Crippen LogP contribution in [0.25, 0.3) is 0 Å². The van der Waals surface area contributed by atoms with Crippen molar-refractivity contribution < 1.29 is 23.8 Å². The van der Waals surface area contributed by atoms with Gasteiger partial charge in [0.25, 0.3) is 5.91 Å². The van der Waals surface area contributed by atoms with E-state index in [4.69, 9.17) is 14.2 Å². The second-order valence-electron chi connectivity index (χ2n) is 7.78. The first-order valence-corrected chi connectivity index (χ1v) is 10.4. The summed E-state index contributed by atoms with van der Waals surface area (Å²) in [5.41, 5.74) is 0.932. The highest BCUT2D eigenvalue weighted by molar-refractivity contribution is 5.93. The molecule has 160 valence electrons. The van der Waals surface area contributed by atoms with Gasteiger partial charge in [0.1, 0.15) is 0 Å². The van der Waals surface area contributed by atoms with E-state index < -0.39 is 12.1 Å². The van der Waals surface area contributed by atoms with Crippen molar-refractivity contribution >= 4 is 11.9 Å². The Bertz CT molecular complexity index is 861. The van der Waals surface area contributed by atoms with Crippen molar-refractivity contribution in [3.8, 4) is 11.5 Å². The number of amides is 1.